The van der Waals surface area contributed by atoms with Crippen LogP contribution in [0.5, 0.6) is 0 Å². The van der Waals surface area contributed by atoms with Gasteiger partial charge in [0.2, 0.25) is 5.91 Å². The first-order valence-corrected chi connectivity index (χ1v) is 13.8. The van der Waals surface area contributed by atoms with Crippen LogP contribution in [0.1, 0.15) is 36.4 Å². The number of nitrogens with one attached hydrogen (secondary N) is 2. The summed E-state index contributed by atoms with van der Waals surface area (Å²) in [5, 5.41) is 6.73. The number of halogens is 1. The van der Waals surface area contributed by atoms with E-state index < -0.39 is 0 Å². The average molecular weight is 569 g/mol. The second-order valence-electron chi connectivity index (χ2n) is 8.94. The van der Waals surface area contributed by atoms with Gasteiger partial charge in [-0.3, -0.25) is 19.0 Å². The first-order chi connectivity index (χ1) is 18.8. The highest BCUT2D eigenvalue weighted by molar-refractivity contribution is 7.99. The molecule has 2 heterocycles. The van der Waals surface area contributed by atoms with E-state index in [4.69, 9.17) is 20.8 Å². The number of fused-ring (bicyclic) bond motifs is 1. The maximum atomic E-state index is 13.5. The lowest BCUT2D eigenvalue weighted by Crippen LogP contribution is -2.27. The molecule has 0 bridgehead atoms. The fourth-order valence-corrected chi connectivity index (χ4v) is 4.71. The van der Waals surface area contributed by atoms with Crippen LogP contribution in [0.2, 0.25) is 5.02 Å². The third-order valence-corrected chi connectivity index (χ3v) is 6.92. The summed E-state index contributed by atoms with van der Waals surface area (Å²) in [6.45, 7) is 5.08. The molecule has 0 fully saturated rings. The molecular formula is C28H29ClN4O5S. The molecular weight excluding hydrogens is 540 g/mol. The second-order valence-corrected chi connectivity index (χ2v) is 10.3. The molecule has 2 N–H and O–H groups in total. The lowest BCUT2D eigenvalue weighted by Gasteiger charge is -2.13. The number of thioether (sulfide) groups is 1. The van der Waals surface area contributed by atoms with Gasteiger partial charge in [-0.2, -0.15) is 0 Å². The first-order valence-electron chi connectivity index (χ1n) is 12.5. The molecule has 9 nitrogen and oxygen atoms in total. The molecule has 4 rings (SSSR count). The number of ether oxygens (including phenoxy) is 1. The number of furan rings is 1. The highest BCUT2D eigenvalue weighted by atomic mass is 35.5. The van der Waals surface area contributed by atoms with E-state index in [1.807, 2.05) is 13.8 Å². The van der Waals surface area contributed by atoms with Gasteiger partial charge in [0.15, 0.2) is 5.16 Å². The lowest BCUT2D eigenvalue weighted by atomic mass is 10.1. The minimum atomic E-state index is -0.304. The summed E-state index contributed by atoms with van der Waals surface area (Å²) in [5.41, 5.74) is 0.940. The zero-order valence-corrected chi connectivity index (χ0v) is 23.2. The van der Waals surface area contributed by atoms with E-state index in [2.05, 4.69) is 15.6 Å². The summed E-state index contributed by atoms with van der Waals surface area (Å²) in [6.07, 6.45) is 2.35. The Morgan fingerprint density at radius 2 is 1.97 bits per heavy atom. The Kier molecular flexibility index (Phi) is 9.80. The Hall–Kier alpha value is -3.60. The van der Waals surface area contributed by atoms with Crippen molar-refractivity contribution in [2.75, 3.05) is 24.2 Å². The van der Waals surface area contributed by atoms with Crippen molar-refractivity contribution in [2.45, 2.75) is 38.1 Å². The molecule has 0 saturated carbocycles. The number of anilines is 1. The zero-order chi connectivity index (χ0) is 27.8. The van der Waals surface area contributed by atoms with E-state index in [0.29, 0.717) is 57.7 Å². The van der Waals surface area contributed by atoms with Crippen molar-refractivity contribution >= 4 is 51.8 Å². The first kappa shape index (κ1) is 28.4. The molecule has 2 amide bonds. The maximum absolute atomic E-state index is 13.5. The molecule has 0 saturated heterocycles. The Bertz CT molecular complexity index is 1500. The minimum Gasteiger partial charge on any atom is -0.467 e. The van der Waals surface area contributed by atoms with Gasteiger partial charge in [0.1, 0.15) is 5.76 Å². The number of carbonyl (C=O) groups is 2. The van der Waals surface area contributed by atoms with Gasteiger partial charge >= 0.3 is 0 Å². The quantitative estimate of drug-likeness (QED) is 0.141. The molecule has 39 heavy (non-hydrogen) atoms. The summed E-state index contributed by atoms with van der Waals surface area (Å²) in [5.74, 6) is -0.0177. The molecule has 0 aliphatic carbocycles. The normalized spacial score (nSPS) is 11.2. The summed E-state index contributed by atoms with van der Waals surface area (Å²) in [7, 11) is 0. The van der Waals surface area contributed by atoms with Gasteiger partial charge in [0.25, 0.3) is 11.5 Å². The number of aromatic nitrogens is 2. The Morgan fingerprint density at radius 1 is 1.15 bits per heavy atom. The number of amides is 2. The number of rotatable bonds is 12. The maximum Gasteiger partial charge on any atom is 0.262 e. The van der Waals surface area contributed by atoms with Gasteiger partial charge < -0.3 is 19.8 Å². The number of para-hydroxylation sites is 1. The summed E-state index contributed by atoms with van der Waals surface area (Å²) >= 11 is 7.26. The second kappa shape index (κ2) is 13.5. The van der Waals surface area contributed by atoms with Crippen LogP contribution in [0.25, 0.3) is 10.9 Å². The predicted molar refractivity (Wildman–Crippen MR) is 153 cm³/mol. The fraction of sp³-hybridized carbons (Fsp3) is 0.286. The number of carbonyl (C=O) groups excluding carboxylic acids is 2. The summed E-state index contributed by atoms with van der Waals surface area (Å²) in [6, 6.07) is 15.2. The monoisotopic (exact) mass is 568 g/mol. The van der Waals surface area contributed by atoms with Crippen LogP contribution >= 0.6 is 23.4 Å². The molecule has 2 aromatic heterocycles. The standard InChI is InChI=1S/C28H29ClN4O5S/c1-18(2)37-14-6-12-30-26(35)19-10-11-21-24(15-19)32-28(33(27(21)36)16-20-7-5-13-38-20)39-17-25(34)31-23-9-4-3-8-22(23)29/h3-5,7-11,13,15,18H,6,12,14,16-17H2,1-2H3,(H,30,35)(H,31,34). The number of hydrogen-bond donors (Lipinski definition) is 2. The molecule has 204 valence electrons. The number of nitrogens with zero attached hydrogens (tertiary/aromatic N) is 2. The molecule has 0 aliphatic rings. The SMILES string of the molecule is CC(C)OCCCNC(=O)c1ccc2c(=O)n(Cc3ccco3)c(SCC(=O)Nc3ccccc3Cl)nc2c1. The van der Waals surface area contributed by atoms with Crippen LogP contribution in [0, 0.1) is 0 Å². The van der Waals surface area contributed by atoms with Crippen molar-refractivity contribution in [3.63, 3.8) is 0 Å². The number of benzene rings is 2. The van der Waals surface area contributed by atoms with Crippen LogP contribution in [-0.4, -0.2) is 46.4 Å². The Labute approximate surface area is 234 Å². The zero-order valence-electron chi connectivity index (χ0n) is 21.6. The van der Waals surface area contributed by atoms with E-state index >= 15 is 0 Å². The third-order valence-electron chi connectivity index (χ3n) is 5.61. The van der Waals surface area contributed by atoms with Crippen molar-refractivity contribution in [2.24, 2.45) is 0 Å². The van der Waals surface area contributed by atoms with E-state index in [-0.39, 0.29) is 35.8 Å². The van der Waals surface area contributed by atoms with Gasteiger partial charge in [-0.1, -0.05) is 35.5 Å². The van der Waals surface area contributed by atoms with Gasteiger partial charge in [-0.25, -0.2) is 4.98 Å². The highest BCUT2D eigenvalue weighted by Crippen LogP contribution is 2.23. The molecule has 0 radical (unpaired) electrons. The minimum absolute atomic E-state index is 0.0139. The molecule has 0 aliphatic heterocycles. The van der Waals surface area contributed by atoms with Gasteiger partial charge in [0.05, 0.1) is 46.3 Å². The fourth-order valence-electron chi connectivity index (χ4n) is 3.72. The van der Waals surface area contributed by atoms with Crippen LogP contribution in [0.3, 0.4) is 0 Å². The van der Waals surface area contributed by atoms with Crippen molar-refractivity contribution in [3.8, 4) is 0 Å². The van der Waals surface area contributed by atoms with Crippen LogP contribution < -0.4 is 16.2 Å². The molecule has 4 aromatic rings. The molecule has 0 atom stereocenters. The van der Waals surface area contributed by atoms with Crippen LogP contribution in [-0.2, 0) is 16.1 Å². The van der Waals surface area contributed by atoms with E-state index in [1.54, 1.807) is 54.6 Å². The van der Waals surface area contributed by atoms with Gasteiger partial charge in [0, 0.05) is 18.7 Å². The Balaban J connectivity index is 1.55. The van der Waals surface area contributed by atoms with Crippen LogP contribution in [0.4, 0.5) is 5.69 Å². The predicted octanol–water partition coefficient (Wildman–Crippen LogP) is 4.97. The largest absolute Gasteiger partial charge is 0.467 e. The van der Waals surface area contributed by atoms with Gasteiger partial charge in [-0.05, 0) is 62.7 Å². The third kappa shape index (κ3) is 7.72. The van der Waals surface area contributed by atoms with E-state index in [0.717, 1.165) is 11.8 Å². The Morgan fingerprint density at radius 3 is 2.72 bits per heavy atom. The van der Waals surface area contributed by atoms with Crippen LogP contribution in [0.15, 0.2) is 75.2 Å². The molecule has 2 aromatic carbocycles. The van der Waals surface area contributed by atoms with Crippen molar-refractivity contribution in [1.29, 1.82) is 0 Å². The summed E-state index contributed by atoms with van der Waals surface area (Å²) < 4.78 is 12.4. The van der Waals surface area contributed by atoms with Crippen molar-refractivity contribution < 1.29 is 18.7 Å². The average Bonchev–Trinajstić information content (AvgIpc) is 3.43. The molecule has 0 unspecified atom stereocenters. The van der Waals surface area contributed by atoms with E-state index in [1.165, 1.54) is 10.8 Å². The lowest BCUT2D eigenvalue weighted by molar-refractivity contribution is -0.113. The van der Waals surface area contributed by atoms with Crippen molar-refractivity contribution in [3.05, 3.63) is 87.6 Å². The summed E-state index contributed by atoms with van der Waals surface area (Å²) in [4.78, 5) is 43.5. The molecule has 0 spiro atoms. The van der Waals surface area contributed by atoms with Crippen molar-refractivity contribution in [1.82, 2.24) is 14.9 Å². The highest BCUT2D eigenvalue weighted by Gasteiger charge is 2.17. The van der Waals surface area contributed by atoms with Gasteiger partial charge in [-0.15, -0.1) is 0 Å². The molecule has 11 heteroatoms. The van der Waals surface area contributed by atoms with E-state index in [9.17, 15) is 14.4 Å². The smallest absolute Gasteiger partial charge is 0.262 e. The topological polar surface area (TPSA) is 115 Å². The number of hydrogen-bond acceptors (Lipinski definition) is 7.